The lowest BCUT2D eigenvalue weighted by Crippen LogP contribution is -2.10. The van der Waals surface area contributed by atoms with Crippen molar-refractivity contribution in [1.29, 1.82) is 0 Å². The topological polar surface area (TPSA) is 177 Å². The Labute approximate surface area is 149 Å². The van der Waals surface area contributed by atoms with Gasteiger partial charge in [0, 0.05) is 5.04 Å². The van der Waals surface area contributed by atoms with Crippen molar-refractivity contribution in [2.75, 3.05) is 0 Å². The van der Waals surface area contributed by atoms with E-state index < -0.39 is 46.1 Å². The predicted molar refractivity (Wildman–Crippen MR) is 83.1 cm³/mol. The fourth-order valence-corrected chi connectivity index (χ4v) is 1.97. The quantitative estimate of drug-likeness (QED) is 0.389. The third-order valence-electron chi connectivity index (χ3n) is 3.16. The molecule has 0 aliphatic rings. The van der Waals surface area contributed by atoms with Crippen molar-refractivity contribution in [1.82, 2.24) is 0 Å². The number of carboxylic acid groups (broad SMARTS) is 4. The van der Waals surface area contributed by atoms with Gasteiger partial charge in [0.15, 0.2) is 11.5 Å². The van der Waals surface area contributed by atoms with Crippen molar-refractivity contribution in [3.63, 3.8) is 0 Å². The number of aromatic carboxylic acids is 4. The first kappa shape index (κ1) is 19.2. The van der Waals surface area contributed by atoms with Gasteiger partial charge in [-0.1, -0.05) is 0 Å². The summed E-state index contributed by atoms with van der Waals surface area (Å²) in [4.78, 5) is 53.4. The molecule has 140 valence electrons. The molecule has 0 fully saturated rings. The first-order chi connectivity index (χ1) is 12.7. The molecule has 0 aliphatic carbocycles. The summed E-state index contributed by atoms with van der Waals surface area (Å²) in [6, 6.07) is 5.94. The van der Waals surface area contributed by atoms with Crippen molar-refractivity contribution in [2.24, 2.45) is 0 Å². The number of rotatable bonds is 8. The number of benzene rings is 2. The minimum atomic E-state index is -1.51. The average molecular weight is 378 g/mol. The zero-order valence-corrected chi connectivity index (χ0v) is 13.1. The molecule has 0 aromatic heterocycles. The van der Waals surface area contributed by atoms with E-state index in [4.69, 9.17) is 20.4 Å². The molecule has 2 aromatic rings. The average Bonchev–Trinajstić information content (AvgIpc) is 2.61. The normalized spacial score (nSPS) is 10.1. The SMILES string of the molecule is O=C(O)c1ccc(OOOc2ccc(C(=O)O)c(C(=O)O)c2)cc1C(=O)O. The second kappa shape index (κ2) is 7.84. The van der Waals surface area contributed by atoms with Crippen LogP contribution in [0.4, 0.5) is 0 Å². The van der Waals surface area contributed by atoms with Gasteiger partial charge in [0.05, 0.1) is 22.3 Å². The van der Waals surface area contributed by atoms with Crippen molar-refractivity contribution in [3.8, 4) is 11.5 Å². The monoisotopic (exact) mass is 378 g/mol. The van der Waals surface area contributed by atoms with E-state index in [0.717, 1.165) is 36.4 Å². The molecular formula is C16H10O11. The molecule has 0 saturated heterocycles. The highest BCUT2D eigenvalue weighted by Crippen LogP contribution is 2.21. The summed E-state index contributed by atoms with van der Waals surface area (Å²) in [5.41, 5.74) is -2.04. The Bertz CT molecular complexity index is 856. The molecule has 0 spiro atoms. The molecule has 0 radical (unpaired) electrons. The Morgan fingerprint density at radius 3 is 1.19 bits per heavy atom. The van der Waals surface area contributed by atoms with Gasteiger partial charge >= 0.3 is 23.9 Å². The zero-order valence-electron chi connectivity index (χ0n) is 13.1. The lowest BCUT2D eigenvalue weighted by atomic mass is 10.1. The zero-order chi connectivity index (χ0) is 20.1. The Balaban J connectivity index is 2.13. The highest BCUT2D eigenvalue weighted by atomic mass is 17.5. The highest BCUT2D eigenvalue weighted by molar-refractivity contribution is 6.02. The van der Waals surface area contributed by atoms with E-state index >= 15 is 0 Å². The smallest absolute Gasteiger partial charge is 0.336 e. The summed E-state index contributed by atoms with van der Waals surface area (Å²) >= 11 is 0. The summed E-state index contributed by atoms with van der Waals surface area (Å²) in [7, 11) is 0. The first-order valence-corrected chi connectivity index (χ1v) is 6.93. The van der Waals surface area contributed by atoms with Gasteiger partial charge in [0.1, 0.15) is 0 Å². The summed E-state index contributed by atoms with van der Waals surface area (Å²) in [5.74, 6) is -6.33. The predicted octanol–water partition coefficient (Wildman–Crippen LogP) is 1.78. The Hall–Kier alpha value is -4.12. The molecule has 4 N–H and O–H groups in total. The van der Waals surface area contributed by atoms with Gasteiger partial charge < -0.3 is 20.4 Å². The molecule has 11 heteroatoms. The van der Waals surface area contributed by atoms with Gasteiger partial charge in [-0.25, -0.2) is 19.2 Å². The number of hydrogen-bond acceptors (Lipinski definition) is 7. The van der Waals surface area contributed by atoms with Crippen molar-refractivity contribution >= 4 is 23.9 Å². The van der Waals surface area contributed by atoms with Gasteiger partial charge in [-0.2, -0.15) is 0 Å². The molecule has 0 saturated carbocycles. The fourth-order valence-electron chi connectivity index (χ4n) is 1.97. The summed E-state index contributed by atoms with van der Waals surface area (Å²) in [5, 5.41) is 40.2. The molecule has 0 bridgehead atoms. The molecule has 2 rings (SSSR count). The third kappa shape index (κ3) is 4.49. The fraction of sp³-hybridized carbons (Fsp3) is 0. The maximum Gasteiger partial charge on any atom is 0.336 e. The first-order valence-electron chi connectivity index (χ1n) is 6.93. The van der Waals surface area contributed by atoms with Gasteiger partial charge in [-0.3, -0.25) is 9.78 Å². The summed E-state index contributed by atoms with van der Waals surface area (Å²) in [6.07, 6.45) is 0. The lowest BCUT2D eigenvalue weighted by molar-refractivity contribution is -0.411. The van der Waals surface area contributed by atoms with Crippen LogP contribution in [0.15, 0.2) is 36.4 Å². The van der Waals surface area contributed by atoms with Crippen LogP contribution in [0.25, 0.3) is 0 Å². The van der Waals surface area contributed by atoms with Gasteiger partial charge in [-0.15, -0.1) is 0 Å². The van der Waals surface area contributed by atoms with Crippen LogP contribution in [0, 0.1) is 0 Å². The van der Waals surface area contributed by atoms with Crippen LogP contribution < -0.4 is 9.78 Å². The van der Waals surface area contributed by atoms with E-state index in [1.807, 2.05) is 0 Å². The van der Waals surface area contributed by atoms with Crippen LogP contribution in [0.1, 0.15) is 41.4 Å². The van der Waals surface area contributed by atoms with Crippen LogP contribution in [-0.2, 0) is 5.04 Å². The van der Waals surface area contributed by atoms with Crippen LogP contribution in [0.3, 0.4) is 0 Å². The molecule has 0 amide bonds. The standard InChI is InChI=1S/C16H10O11/c17-13(18)9-3-1-7(5-11(9)15(21)22)25-27-26-8-2-4-10(14(19)20)12(6-8)16(23)24/h1-6H,(H,17,18)(H,19,20)(H,21,22)(H,23,24). The van der Waals surface area contributed by atoms with E-state index in [9.17, 15) is 19.2 Å². The maximum atomic E-state index is 11.1. The second-order valence-corrected chi connectivity index (χ2v) is 4.87. The number of carboxylic acids is 4. The van der Waals surface area contributed by atoms with Crippen LogP contribution in [0.5, 0.6) is 11.5 Å². The van der Waals surface area contributed by atoms with Crippen LogP contribution in [-0.4, -0.2) is 44.3 Å². The van der Waals surface area contributed by atoms with E-state index in [1.165, 1.54) is 0 Å². The second-order valence-electron chi connectivity index (χ2n) is 4.87. The summed E-state index contributed by atoms with van der Waals surface area (Å²) < 4.78 is 0. The van der Waals surface area contributed by atoms with Crippen LogP contribution in [0.2, 0.25) is 0 Å². The Morgan fingerprint density at radius 2 is 0.889 bits per heavy atom. The van der Waals surface area contributed by atoms with Crippen molar-refractivity contribution < 1.29 is 54.4 Å². The maximum absolute atomic E-state index is 11.1. The largest absolute Gasteiger partial charge is 0.478 e. The van der Waals surface area contributed by atoms with Gasteiger partial charge in [-0.05, 0) is 36.4 Å². The van der Waals surface area contributed by atoms with Crippen LogP contribution >= 0.6 is 0 Å². The minimum absolute atomic E-state index is 0.210. The van der Waals surface area contributed by atoms with Crippen molar-refractivity contribution in [3.05, 3.63) is 58.7 Å². The lowest BCUT2D eigenvalue weighted by Gasteiger charge is -2.08. The van der Waals surface area contributed by atoms with Gasteiger partial charge in [0.25, 0.3) is 0 Å². The molecule has 0 heterocycles. The van der Waals surface area contributed by atoms with Crippen molar-refractivity contribution in [2.45, 2.75) is 0 Å². The Morgan fingerprint density at radius 1 is 0.556 bits per heavy atom. The third-order valence-corrected chi connectivity index (χ3v) is 3.16. The number of carbonyl (C=O) groups is 4. The molecule has 0 atom stereocenters. The molecule has 27 heavy (non-hydrogen) atoms. The van der Waals surface area contributed by atoms with E-state index in [-0.39, 0.29) is 11.5 Å². The molecule has 11 nitrogen and oxygen atoms in total. The highest BCUT2D eigenvalue weighted by Gasteiger charge is 2.19. The van der Waals surface area contributed by atoms with E-state index in [2.05, 4.69) is 14.8 Å². The Kier molecular flexibility index (Phi) is 5.58. The van der Waals surface area contributed by atoms with Gasteiger partial charge in [0.2, 0.25) is 0 Å². The minimum Gasteiger partial charge on any atom is -0.478 e. The molecule has 2 aromatic carbocycles. The van der Waals surface area contributed by atoms with E-state index in [1.54, 1.807) is 0 Å². The molecule has 0 unspecified atom stereocenters. The molecular weight excluding hydrogens is 368 g/mol. The van der Waals surface area contributed by atoms with E-state index in [0.29, 0.717) is 0 Å². The number of hydrogen-bond donors (Lipinski definition) is 4. The summed E-state index contributed by atoms with van der Waals surface area (Å²) in [6.45, 7) is 0. The molecule has 0 aliphatic heterocycles.